The predicted molar refractivity (Wildman–Crippen MR) is 110 cm³/mol. The predicted octanol–water partition coefficient (Wildman–Crippen LogP) is 5.99. The molecule has 1 fully saturated rings. The van der Waals surface area contributed by atoms with Crippen LogP contribution in [0.25, 0.3) is 6.08 Å². The fourth-order valence-corrected chi connectivity index (χ4v) is 3.27. The molecule has 27 heavy (non-hydrogen) atoms. The van der Waals surface area contributed by atoms with E-state index in [0.717, 1.165) is 49.5 Å². The highest BCUT2D eigenvalue weighted by Gasteiger charge is 2.13. The van der Waals surface area contributed by atoms with Crippen LogP contribution in [0.15, 0.2) is 24.3 Å². The maximum Gasteiger partial charge on any atom is 0.157 e. The average molecular weight is 377 g/mol. The van der Waals surface area contributed by atoms with Crippen molar-refractivity contribution in [2.24, 2.45) is 0 Å². The molecule has 1 aliphatic heterocycles. The summed E-state index contributed by atoms with van der Waals surface area (Å²) >= 11 is 0. The highest BCUT2D eigenvalue weighted by Crippen LogP contribution is 2.23. The molecule has 1 aliphatic rings. The molecule has 1 aromatic carbocycles. The van der Waals surface area contributed by atoms with E-state index in [0.29, 0.717) is 0 Å². The van der Waals surface area contributed by atoms with Crippen molar-refractivity contribution in [1.29, 1.82) is 0 Å². The Balaban J connectivity index is 1.46. The van der Waals surface area contributed by atoms with E-state index in [1.165, 1.54) is 44.9 Å². The Morgan fingerprint density at radius 1 is 0.926 bits per heavy atom. The third-order valence-electron chi connectivity index (χ3n) is 4.89. The van der Waals surface area contributed by atoms with Gasteiger partial charge in [-0.2, -0.15) is 0 Å². The van der Waals surface area contributed by atoms with Crippen molar-refractivity contribution in [1.82, 2.24) is 0 Å². The van der Waals surface area contributed by atoms with E-state index in [9.17, 15) is 0 Å². The van der Waals surface area contributed by atoms with Crippen molar-refractivity contribution < 1.29 is 18.9 Å². The van der Waals surface area contributed by atoms with Crippen LogP contribution in [0.4, 0.5) is 0 Å². The second kappa shape index (κ2) is 13.6. The van der Waals surface area contributed by atoms with Crippen LogP contribution in [-0.2, 0) is 9.47 Å². The fourth-order valence-electron chi connectivity index (χ4n) is 3.27. The van der Waals surface area contributed by atoms with Gasteiger partial charge in [0.05, 0.1) is 14.2 Å². The molecule has 0 radical (unpaired) electrons. The molecule has 152 valence electrons. The summed E-state index contributed by atoms with van der Waals surface area (Å²) in [6, 6.07) is 5.95. The van der Waals surface area contributed by atoms with Gasteiger partial charge in [-0.05, 0) is 56.2 Å². The molecule has 1 unspecified atom stereocenters. The molecule has 4 heteroatoms. The van der Waals surface area contributed by atoms with Gasteiger partial charge in [0.15, 0.2) is 6.29 Å². The van der Waals surface area contributed by atoms with Gasteiger partial charge in [0.25, 0.3) is 0 Å². The Labute approximate surface area is 164 Å². The van der Waals surface area contributed by atoms with E-state index >= 15 is 0 Å². The van der Waals surface area contributed by atoms with Crippen LogP contribution in [0.3, 0.4) is 0 Å². The summed E-state index contributed by atoms with van der Waals surface area (Å²) < 4.78 is 21.9. The Kier molecular flexibility index (Phi) is 11.0. The minimum absolute atomic E-state index is 0.0649. The smallest absolute Gasteiger partial charge is 0.157 e. The highest BCUT2D eigenvalue weighted by molar-refractivity contribution is 5.55. The summed E-state index contributed by atoms with van der Waals surface area (Å²) in [4.78, 5) is 0. The van der Waals surface area contributed by atoms with Gasteiger partial charge in [-0.1, -0.05) is 37.8 Å². The number of benzene rings is 1. The zero-order chi connectivity index (χ0) is 19.2. The van der Waals surface area contributed by atoms with Gasteiger partial charge in [-0.3, -0.25) is 0 Å². The molecule has 4 nitrogen and oxygen atoms in total. The first kappa shape index (κ1) is 21.8. The first-order valence-electron chi connectivity index (χ1n) is 10.4. The first-order chi connectivity index (χ1) is 13.3. The highest BCUT2D eigenvalue weighted by atomic mass is 16.7. The third kappa shape index (κ3) is 9.30. The number of rotatable bonds is 13. The molecule has 0 aliphatic carbocycles. The second-order valence-corrected chi connectivity index (χ2v) is 7.13. The van der Waals surface area contributed by atoms with Crippen molar-refractivity contribution in [2.75, 3.05) is 27.4 Å². The van der Waals surface area contributed by atoms with Gasteiger partial charge in [-0.15, -0.1) is 0 Å². The number of ether oxygens (including phenoxy) is 4. The molecule has 1 atom stereocenters. The molecule has 1 heterocycles. The van der Waals surface area contributed by atoms with E-state index < -0.39 is 0 Å². The molecule has 1 aromatic rings. The lowest BCUT2D eigenvalue weighted by Gasteiger charge is -2.22. The molecule has 0 spiro atoms. The first-order valence-corrected chi connectivity index (χ1v) is 10.4. The van der Waals surface area contributed by atoms with E-state index in [1.54, 1.807) is 14.2 Å². The van der Waals surface area contributed by atoms with Crippen LogP contribution in [0, 0.1) is 0 Å². The number of hydrogen-bond acceptors (Lipinski definition) is 4. The summed E-state index contributed by atoms with van der Waals surface area (Å²) in [5.74, 6) is 1.65. The van der Waals surface area contributed by atoms with Crippen LogP contribution in [0.2, 0.25) is 0 Å². The average Bonchev–Trinajstić information content (AvgIpc) is 2.72. The molecule has 0 amide bonds. The lowest BCUT2D eigenvalue weighted by molar-refractivity contribution is -0.162. The SMILES string of the molecule is COc1cc(C=CCCCCCCCCOC2CCCCO2)cc(OC)c1. The Bertz CT molecular complexity index is 513. The van der Waals surface area contributed by atoms with Crippen LogP contribution < -0.4 is 9.47 Å². The molecule has 0 N–H and O–H groups in total. The van der Waals surface area contributed by atoms with Crippen molar-refractivity contribution in [2.45, 2.75) is 70.5 Å². The van der Waals surface area contributed by atoms with E-state index in [4.69, 9.17) is 18.9 Å². The van der Waals surface area contributed by atoms with Crippen molar-refractivity contribution in [3.05, 3.63) is 29.8 Å². The summed E-state index contributed by atoms with van der Waals surface area (Å²) in [7, 11) is 3.36. The van der Waals surface area contributed by atoms with E-state index in [1.807, 2.05) is 18.2 Å². The number of methoxy groups -OCH3 is 2. The number of unbranched alkanes of at least 4 members (excludes halogenated alkanes) is 6. The normalized spacial score (nSPS) is 17.3. The lowest BCUT2D eigenvalue weighted by atomic mass is 10.1. The monoisotopic (exact) mass is 376 g/mol. The summed E-state index contributed by atoms with van der Waals surface area (Å²) in [5, 5.41) is 0. The Morgan fingerprint density at radius 2 is 1.63 bits per heavy atom. The van der Waals surface area contributed by atoms with Crippen LogP contribution in [0.5, 0.6) is 11.5 Å². The molecule has 2 rings (SSSR count). The van der Waals surface area contributed by atoms with Crippen LogP contribution in [0.1, 0.15) is 69.8 Å². The molecule has 0 saturated carbocycles. The molecule has 1 saturated heterocycles. The van der Waals surface area contributed by atoms with Gasteiger partial charge < -0.3 is 18.9 Å². The second-order valence-electron chi connectivity index (χ2n) is 7.13. The Morgan fingerprint density at radius 3 is 2.30 bits per heavy atom. The topological polar surface area (TPSA) is 36.9 Å². The van der Waals surface area contributed by atoms with Crippen LogP contribution in [-0.4, -0.2) is 33.7 Å². The van der Waals surface area contributed by atoms with Crippen molar-refractivity contribution in [3.63, 3.8) is 0 Å². The maximum atomic E-state index is 5.77. The molecule has 0 bridgehead atoms. The summed E-state index contributed by atoms with van der Waals surface area (Å²) in [6.45, 7) is 1.71. The standard InChI is InChI=1S/C23H36O4/c1-24-21-17-20(18-22(19-21)25-2)13-9-7-5-3-4-6-8-11-15-26-23-14-10-12-16-27-23/h9,13,17-19,23H,3-8,10-12,14-16H2,1-2H3. The number of allylic oxidation sites excluding steroid dienone is 1. The van der Waals surface area contributed by atoms with Crippen molar-refractivity contribution in [3.8, 4) is 11.5 Å². The fraction of sp³-hybridized carbons (Fsp3) is 0.652. The summed E-state index contributed by atoms with van der Waals surface area (Å²) in [5.41, 5.74) is 1.12. The molecular formula is C23H36O4. The third-order valence-corrected chi connectivity index (χ3v) is 4.89. The number of hydrogen-bond donors (Lipinski definition) is 0. The van der Waals surface area contributed by atoms with Gasteiger partial charge in [0, 0.05) is 19.3 Å². The van der Waals surface area contributed by atoms with Crippen LogP contribution >= 0.6 is 0 Å². The minimum atomic E-state index is 0.0649. The quantitative estimate of drug-likeness (QED) is 0.396. The minimum Gasteiger partial charge on any atom is -0.497 e. The van der Waals surface area contributed by atoms with Gasteiger partial charge in [0.1, 0.15) is 11.5 Å². The maximum absolute atomic E-state index is 5.77. The van der Waals surface area contributed by atoms with Gasteiger partial charge in [-0.25, -0.2) is 0 Å². The largest absolute Gasteiger partial charge is 0.497 e. The zero-order valence-electron chi connectivity index (χ0n) is 17.1. The summed E-state index contributed by atoms with van der Waals surface area (Å²) in [6.07, 6.45) is 16.6. The molecular weight excluding hydrogens is 340 g/mol. The van der Waals surface area contributed by atoms with Gasteiger partial charge in [0.2, 0.25) is 0 Å². The molecule has 0 aromatic heterocycles. The van der Waals surface area contributed by atoms with Crippen molar-refractivity contribution >= 4 is 6.08 Å². The van der Waals surface area contributed by atoms with E-state index in [-0.39, 0.29) is 6.29 Å². The zero-order valence-corrected chi connectivity index (χ0v) is 17.1. The van der Waals surface area contributed by atoms with Gasteiger partial charge >= 0.3 is 0 Å². The van der Waals surface area contributed by atoms with E-state index in [2.05, 4.69) is 12.2 Å². The lowest BCUT2D eigenvalue weighted by Crippen LogP contribution is -2.22. The Hall–Kier alpha value is -1.52.